The number of nitrogens with one attached hydrogen (secondary N) is 2. The van der Waals surface area contributed by atoms with E-state index in [2.05, 4.69) is 10.0 Å². The molecule has 1 aliphatic heterocycles. The molecule has 9 heteroatoms. The number of hydrogen-bond acceptors (Lipinski definition) is 4. The molecule has 2 atom stereocenters. The van der Waals surface area contributed by atoms with Crippen molar-refractivity contribution in [1.82, 2.24) is 4.72 Å². The highest BCUT2D eigenvalue weighted by molar-refractivity contribution is 7.89. The monoisotopic (exact) mass is 463 g/mol. The van der Waals surface area contributed by atoms with Crippen LogP contribution < -0.4 is 14.9 Å². The zero-order valence-corrected chi connectivity index (χ0v) is 19.3. The van der Waals surface area contributed by atoms with Crippen molar-refractivity contribution in [3.63, 3.8) is 0 Å². The van der Waals surface area contributed by atoms with Crippen LogP contribution in [0.5, 0.6) is 0 Å². The van der Waals surface area contributed by atoms with Crippen LogP contribution in [0.25, 0.3) is 0 Å². The Morgan fingerprint density at radius 1 is 1.23 bits per heavy atom. The maximum atomic E-state index is 12.7. The van der Waals surface area contributed by atoms with Gasteiger partial charge in [-0.05, 0) is 62.2 Å². The molecule has 0 aromatic heterocycles. The molecule has 0 bridgehead atoms. The Morgan fingerprint density at radius 3 is 2.52 bits per heavy atom. The number of benzene rings is 2. The summed E-state index contributed by atoms with van der Waals surface area (Å²) >= 11 is 6.16. The molecule has 2 N–H and O–H groups in total. The Labute approximate surface area is 187 Å². The van der Waals surface area contributed by atoms with E-state index < -0.39 is 15.9 Å². The van der Waals surface area contributed by atoms with Crippen molar-refractivity contribution in [3.8, 4) is 0 Å². The summed E-state index contributed by atoms with van der Waals surface area (Å²) in [5, 5.41) is 3.33. The van der Waals surface area contributed by atoms with Gasteiger partial charge in [0.1, 0.15) is 0 Å². The van der Waals surface area contributed by atoms with E-state index in [0.717, 1.165) is 5.56 Å². The molecule has 0 spiro atoms. The van der Waals surface area contributed by atoms with Gasteiger partial charge in [-0.25, -0.2) is 13.1 Å². The van der Waals surface area contributed by atoms with Gasteiger partial charge in [0, 0.05) is 35.4 Å². The maximum Gasteiger partial charge on any atom is 0.240 e. The fraction of sp³-hybridized carbons (Fsp3) is 0.364. The molecule has 2 aromatic carbocycles. The molecule has 0 aliphatic carbocycles. The summed E-state index contributed by atoms with van der Waals surface area (Å²) in [6.07, 6.45) is 0.780. The number of carbonyl (C=O) groups is 2. The molecule has 2 amide bonds. The summed E-state index contributed by atoms with van der Waals surface area (Å²) in [4.78, 5) is 26.8. The third kappa shape index (κ3) is 5.44. The third-order valence-electron chi connectivity index (χ3n) is 5.36. The molecule has 31 heavy (non-hydrogen) atoms. The van der Waals surface area contributed by atoms with E-state index in [1.165, 1.54) is 24.3 Å². The zero-order valence-electron chi connectivity index (χ0n) is 17.7. The van der Waals surface area contributed by atoms with Gasteiger partial charge in [-0.3, -0.25) is 9.59 Å². The average Bonchev–Trinajstić information content (AvgIpc) is 3.12. The molecular formula is C22H26ClN3O4S. The van der Waals surface area contributed by atoms with Crippen LogP contribution in [0.4, 0.5) is 11.4 Å². The fourth-order valence-corrected chi connectivity index (χ4v) is 4.76. The highest BCUT2D eigenvalue weighted by Crippen LogP contribution is 2.29. The van der Waals surface area contributed by atoms with Crippen molar-refractivity contribution in [3.05, 3.63) is 53.1 Å². The molecule has 2 unspecified atom stereocenters. The Kier molecular flexibility index (Phi) is 7.03. The van der Waals surface area contributed by atoms with Crippen LogP contribution in [0.15, 0.2) is 47.4 Å². The standard InChI is InChI=1S/C22H26ClN3O4S/c1-4-15(3)25-31(29,30)19-9-6-17(7-10-19)24-22(28)16-11-21(27)26(13-16)18-8-5-14(2)20(23)12-18/h5-10,12,15-16,25H,4,11,13H2,1-3H3,(H,24,28). The van der Waals surface area contributed by atoms with Crippen LogP contribution in [0.2, 0.25) is 5.02 Å². The highest BCUT2D eigenvalue weighted by atomic mass is 35.5. The van der Waals surface area contributed by atoms with Crippen molar-refractivity contribution in [2.75, 3.05) is 16.8 Å². The number of rotatable bonds is 7. The number of aryl methyl sites for hydroxylation is 1. The number of nitrogens with zero attached hydrogens (tertiary/aromatic N) is 1. The Bertz CT molecular complexity index is 1090. The van der Waals surface area contributed by atoms with Gasteiger partial charge < -0.3 is 10.2 Å². The number of sulfonamides is 1. The van der Waals surface area contributed by atoms with Crippen LogP contribution in [-0.2, 0) is 19.6 Å². The summed E-state index contributed by atoms with van der Waals surface area (Å²) in [6.45, 7) is 5.83. The first-order valence-corrected chi connectivity index (χ1v) is 12.0. The summed E-state index contributed by atoms with van der Waals surface area (Å²) in [6, 6.07) is 11.2. The second-order valence-electron chi connectivity index (χ2n) is 7.78. The quantitative estimate of drug-likeness (QED) is 0.654. The smallest absolute Gasteiger partial charge is 0.240 e. The predicted octanol–water partition coefficient (Wildman–Crippen LogP) is 3.72. The lowest BCUT2D eigenvalue weighted by Gasteiger charge is -2.17. The zero-order chi connectivity index (χ0) is 22.8. The van der Waals surface area contributed by atoms with Crippen molar-refractivity contribution in [2.45, 2.75) is 44.6 Å². The fourth-order valence-electron chi connectivity index (χ4n) is 3.26. The van der Waals surface area contributed by atoms with E-state index in [1.807, 2.05) is 26.0 Å². The minimum Gasteiger partial charge on any atom is -0.326 e. The second kappa shape index (κ2) is 9.38. The largest absolute Gasteiger partial charge is 0.326 e. The van der Waals surface area contributed by atoms with Crippen LogP contribution >= 0.6 is 11.6 Å². The number of halogens is 1. The van der Waals surface area contributed by atoms with Gasteiger partial charge in [-0.2, -0.15) is 0 Å². The van der Waals surface area contributed by atoms with Gasteiger partial charge in [0.2, 0.25) is 21.8 Å². The van der Waals surface area contributed by atoms with E-state index in [4.69, 9.17) is 11.6 Å². The number of carbonyl (C=O) groups excluding carboxylic acids is 2. The average molecular weight is 464 g/mol. The molecular weight excluding hydrogens is 438 g/mol. The molecule has 7 nitrogen and oxygen atoms in total. The summed E-state index contributed by atoms with van der Waals surface area (Å²) in [7, 11) is -3.61. The van der Waals surface area contributed by atoms with E-state index in [-0.39, 0.29) is 35.7 Å². The molecule has 0 saturated carbocycles. The van der Waals surface area contributed by atoms with Crippen molar-refractivity contribution in [2.24, 2.45) is 5.92 Å². The third-order valence-corrected chi connectivity index (χ3v) is 7.38. The summed E-state index contributed by atoms with van der Waals surface area (Å²) < 4.78 is 27.3. The SMILES string of the molecule is CCC(C)NS(=O)(=O)c1ccc(NC(=O)C2CC(=O)N(c3ccc(C)c(Cl)c3)C2)cc1. The maximum absolute atomic E-state index is 12.7. The Hall–Kier alpha value is -2.42. The van der Waals surface area contributed by atoms with Crippen LogP contribution in [-0.4, -0.2) is 32.8 Å². The lowest BCUT2D eigenvalue weighted by Crippen LogP contribution is -2.32. The summed E-state index contributed by atoms with van der Waals surface area (Å²) in [5.41, 5.74) is 2.05. The number of amides is 2. The minimum atomic E-state index is -3.61. The van der Waals surface area contributed by atoms with E-state index >= 15 is 0 Å². The first-order valence-electron chi connectivity index (χ1n) is 10.1. The topological polar surface area (TPSA) is 95.6 Å². The molecule has 1 heterocycles. The van der Waals surface area contributed by atoms with E-state index in [9.17, 15) is 18.0 Å². The van der Waals surface area contributed by atoms with Gasteiger partial charge in [-0.1, -0.05) is 24.6 Å². The normalized spacial score (nSPS) is 17.6. The van der Waals surface area contributed by atoms with Crippen LogP contribution in [0.3, 0.4) is 0 Å². The van der Waals surface area contributed by atoms with Gasteiger partial charge in [-0.15, -0.1) is 0 Å². The van der Waals surface area contributed by atoms with Gasteiger partial charge in [0.25, 0.3) is 0 Å². The molecule has 1 saturated heterocycles. The lowest BCUT2D eigenvalue weighted by atomic mass is 10.1. The van der Waals surface area contributed by atoms with Gasteiger partial charge >= 0.3 is 0 Å². The minimum absolute atomic E-state index is 0.0998. The van der Waals surface area contributed by atoms with Gasteiger partial charge in [0.15, 0.2) is 0 Å². The molecule has 1 fully saturated rings. The first-order chi connectivity index (χ1) is 14.6. The number of hydrogen-bond donors (Lipinski definition) is 2. The second-order valence-corrected chi connectivity index (χ2v) is 9.90. The van der Waals surface area contributed by atoms with Gasteiger partial charge in [0.05, 0.1) is 10.8 Å². The van der Waals surface area contributed by atoms with Crippen LogP contribution in [0.1, 0.15) is 32.3 Å². The summed E-state index contributed by atoms with van der Waals surface area (Å²) in [5.74, 6) is -0.942. The predicted molar refractivity (Wildman–Crippen MR) is 122 cm³/mol. The van der Waals surface area contributed by atoms with E-state index in [1.54, 1.807) is 17.9 Å². The highest BCUT2D eigenvalue weighted by Gasteiger charge is 2.35. The Balaban J connectivity index is 1.65. The van der Waals surface area contributed by atoms with E-state index in [0.29, 0.717) is 22.8 Å². The van der Waals surface area contributed by atoms with Crippen molar-refractivity contribution >= 4 is 44.8 Å². The molecule has 166 valence electrons. The van der Waals surface area contributed by atoms with Crippen molar-refractivity contribution in [1.29, 1.82) is 0 Å². The number of anilines is 2. The first kappa shape index (κ1) is 23.2. The van der Waals surface area contributed by atoms with Crippen LogP contribution in [0, 0.1) is 12.8 Å². The Morgan fingerprint density at radius 2 is 1.90 bits per heavy atom. The molecule has 0 radical (unpaired) electrons. The van der Waals surface area contributed by atoms with Crippen molar-refractivity contribution < 1.29 is 18.0 Å². The molecule has 2 aromatic rings. The lowest BCUT2D eigenvalue weighted by molar-refractivity contribution is -0.122. The molecule has 1 aliphatic rings. The molecule has 3 rings (SSSR count).